The van der Waals surface area contributed by atoms with Gasteiger partial charge in [-0.25, -0.2) is 4.90 Å². The van der Waals surface area contributed by atoms with Gasteiger partial charge in [-0.3, -0.25) is 14.5 Å². The van der Waals surface area contributed by atoms with E-state index in [2.05, 4.69) is 18.7 Å². The number of anilines is 1. The molecule has 2 atom stereocenters. The van der Waals surface area contributed by atoms with E-state index >= 15 is 0 Å². The highest BCUT2D eigenvalue weighted by molar-refractivity contribution is 6.34. The SMILES string of the molecule is COc1cc(N2C(=O)c3ccc(Oc4ccccc4)cc3C2=O)ccc1OCCN1C(C)CCCC1C. The van der Waals surface area contributed by atoms with Crippen LogP contribution in [-0.4, -0.2) is 49.1 Å². The predicted octanol–water partition coefficient (Wildman–Crippen LogP) is 5.93. The van der Waals surface area contributed by atoms with Crippen LogP contribution in [0.15, 0.2) is 66.7 Å². The summed E-state index contributed by atoms with van der Waals surface area (Å²) >= 11 is 0. The van der Waals surface area contributed by atoms with Crippen LogP contribution in [0.5, 0.6) is 23.0 Å². The van der Waals surface area contributed by atoms with E-state index in [0.717, 1.165) is 6.54 Å². The number of ether oxygens (including phenoxy) is 3. The maximum atomic E-state index is 13.3. The van der Waals surface area contributed by atoms with Crippen LogP contribution in [0.3, 0.4) is 0 Å². The standard InChI is InChI=1S/C30H32N2O5/c1-20-8-7-9-21(2)31(20)16-17-36-27-15-12-22(18-28(27)35-3)32-29(33)25-14-13-24(19-26(25)30(32)34)37-23-10-5-4-6-11-23/h4-6,10-15,18-21H,7-9,16-17H2,1-3H3. The van der Waals surface area contributed by atoms with E-state index in [4.69, 9.17) is 14.2 Å². The van der Waals surface area contributed by atoms with Crippen molar-refractivity contribution in [3.05, 3.63) is 77.9 Å². The lowest BCUT2D eigenvalue weighted by atomic mass is 9.98. The molecule has 3 aromatic carbocycles. The third-order valence-electron chi connectivity index (χ3n) is 7.23. The number of hydrogen-bond acceptors (Lipinski definition) is 6. The van der Waals surface area contributed by atoms with E-state index in [9.17, 15) is 9.59 Å². The number of rotatable bonds is 8. The molecule has 0 spiro atoms. The van der Waals surface area contributed by atoms with Crippen LogP contribution >= 0.6 is 0 Å². The summed E-state index contributed by atoms with van der Waals surface area (Å²) in [6.45, 7) is 5.90. The molecule has 1 fully saturated rings. The number of hydrogen-bond donors (Lipinski definition) is 0. The molecule has 0 aliphatic carbocycles. The van der Waals surface area contributed by atoms with Gasteiger partial charge in [0, 0.05) is 24.7 Å². The first-order valence-corrected chi connectivity index (χ1v) is 12.8. The number of fused-ring (bicyclic) bond motifs is 1. The van der Waals surface area contributed by atoms with Crippen molar-refractivity contribution in [2.45, 2.75) is 45.2 Å². The van der Waals surface area contributed by atoms with Gasteiger partial charge in [0.15, 0.2) is 11.5 Å². The summed E-state index contributed by atoms with van der Waals surface area (Å²) in [6, 6.07) is 20.5. The van der Waals surface area contributed by atoms with Gasteiger partial charge in [-0.2, -0.15) is 0 Å². The molecular formula is C30H32N2O5. The summed E-state index contributed by atoms with van der Waals surface area (Å²) in [7, 11) is 1.55. The Morgan fingerprint density at radius 1 is 0.811 bits per heavy atom. The zero-order valence-electron chi connectivity index (χ0n) is 21.5. The van der Waals surface area contributed by atoms with Gasteiger partial charge in [0.2, 0.25) is 0 Å². The highest BCUT2D eigenvalue weighted by atomic mass is 16.5. The lowest BCUT2D eigenvalue weighted by Gasteiger charge is -2.38. The summed E-state index contributed by atoms with van der Waals surface area (Å²) in [6.07, 6.45) is 3.69. The number of piperidine rings is 1. The molecule has 37 heavy (non-hydrogen) atoms. The normalized spacial score (nSPS) is 19.6. The number of methoxy groups -OCH3 is 1. The van der Waals surface area contributed by atoms with E-state index in [0.29, 0.717) is 58.5 Å². The maximum Gasteiger partial charge on any atom is 0.266 e. The number of para-hydroxylation sites is 1. The molecule has 192 valence electrons. The van der Waals surface area contributed by atoms with Crippen LogP contribution in [0.2, 0.25) is 0 Å². The van der Waals surface area contributed by atoms with Gasteiger partial charge >= 0.3 is 0 Å². The van der Waals surface area contributed by atoms with Crippen LogP contribution in [0.1, 0.15) is 53.8 Å². The Balaban J connectivity index is 1.30. The summed E-state index contributed by atoms with van der Waals surface area (Å²) in [5.41, 5.74) is 1.08. The van der Waals surface area contributed by atoms with Gasteiger partial charge in [0.05, 0.1) is 23.9 Å². The molecule has 7 nitrogen and oxygen atoms in total. The lowest BCUT2D eigenvalue weighted by molar-refractivity contribution is 0.0846. The molecule has 0 radical (unpaired) electrons. The third-order valence-corrected chi connectivity index (χ3v) is 7.23. The first-order valence-electron chi connectivity index (χ1n) is 12.8. The second-order valence-corrected chi connectivity index (χ2v) is 9.62. The van der Waals surface area contributed by atoms with Gasteiger partial charge in [-0.1, -0.05) is 24.6 Å². The Morgan fingerprint density at radius 2 is 1.54 bits per heavy atom. The fourth-order valence-electron chi connectivity index (χ4n) is 5.23. The van der Waals surface area contributed by atoms with E-state index in [1.54, 1.807) is 43.5 Å². The molecule has 2 unspecified atom stereocenters. The average Bonchev–Trinajstić information content (AvgIpc) is 3.15. The van der Waals surface area contributed by atoms with E-state index in [1.165, 1.54) is 24.2 Å². The highest BCUT2D eigenvalue weighted by Gasteiger charge is 2.37. The highest BCUT2D eigenvalue weighted by Crippen LogP contribution is 2.37. The summed E-state index contributed by atoms with van der Waals surface area (Å²) in [5.74, 6) is 1.42. The molecule has 0 saturated carbocycles. The van der Waals surface area contributed by atoms with Gasteiger partial charge < -0.3 is 14.2 Å². The van der Waals surface area contributed by atoms with Gasteiger partial charge in [0.25, 0.3) is 11.8 Å². The number of likely N-dealkylation sites (tertiary alicyclic amines) is 1. The van der Waals surface area contributed by atoms with Crippen LogP contribution < -0.4 is 19.1 Å². The molecule has 0 N–H and O–H groups in total. The minimum absolute atomic E-state index is 0.308. The Hall–Kier alpha value is -3.84. The summed E-state index contributed by atoms with van der Waals surface area (Å²) < 4.78 is 17.5. The predicted molar refractivity (Wildman–Crippen MR) is 142 cm³/mol. The molecule has 2 heterocycles. The number of benzene rings is 3. The Labute approximate surface area is 217 Å². The number of amides is 2. The van der Waals surface area contributed by atoms with Gasteiger partial charge in [-0.15, -0.1) is 0 Å². The fraction of sp³-hybridized carbons (Fsp3) is 0.333. The molecule has 2 aliphatic heterocycles. The quantitative estimate of drug-likeness (QED) is 0.357. The third kappa shape index (κ3) is 5.04. The average molecular weight is 501 g/mol. The van der Waals surface area contributed by atoms with E-state index in [1.807, 2.05) is 30.3 Å². The number of carbonyl (C=O) groups excluding carboxylic acids is 2. The van der Waals surface area contributed by atoms with E-state index < -0.39 is 5.91 Å². The first kappa shape index (κ1) is 24.8. The van der Waals surface area contributed by atoms with Crippen molar-refractivity contribution in [2.24, 2.45) is 0 Å². The molecule has 0 bridgehead atoms. The lowest BCUT2D eigenvalue weighted by Crippen LogP contribution is -2.45. The number of imide groups is 1. The van der Waals surface area contributed by atoms with Crippen molar-refractivity contribution < 1.29 is 23.8 Å². The minimum Gasteiger partial charge on any atom is -0.493 e. The van der Waals surface area contributed by atoms with Crippen molar-refractivity contribution >= 4 is 17.5 Å². The van der Waals surface area contributed by atoms with Crippen LogP contribution in [0.25, 0.3) is 0 Å². The van der Waals surface area contributed by atoms with Crippen molar-refractivity contribution in [2.75, 3.05) is 25.2 Å². The van der Waals surface area contributed by atoms with Crippen molar-refractivity contribution in [3.63, 3.8) is 0 Å². The van der Waals surface area contributed by atoms with Gasteiger partial charge in [0.1, 0.15) is 18.1 Å². The van der Waals surface area contributed by atoms with Crippen molar-refractivity contribution in [1.82, 2.24) is 4.90 Å². The summed E-state index contributed by atoms with van der Waals surface area (Å²) in [4.78, 5) is 30.1. The zero-order valence-corrected chi connectivity index (χ0v) is 21.5. The van der Waals surface area contributed by atoms with Crippen molar-refractivity contribution in [1.29, 1.82) is 0 Å². The zero-order chi connectivity index (χ0) is 25.9. The largest absolute Gasteiger partial charge is 0.493 e. The van der Waals surface area contributed by atoms with Crippen LogP contribution in [0, 0.1) is 0 Å². The van der Waals surface area contributed by atoms with Gasteiger partial charge in [-0.05, 0) is 69.2 Å². The molecule has 0 aromatic heterocycles. The molecule has 7 heteroatoms. The molecule has 5 rings (SSSR count). The minimum atomic E-state index is -0.401. The second-order valence-electron chi connectivity index (χ2n) is 9.62. The topological polar surface area (TPSA) is 68.3 Å². The Morgan fingerprint density at radius 3 is 2.27 bits per heavy atom. The van der Waals surface area contributed by atoms with E-state index in [-0.39, 0.29) is 5.91 Å². The smallest absolute Gasteiger partial charge is 0.266 e. The fourth-order valence-corrected chi connectivity index (χ4v) is 5.23. The first-order chi connectivity index (χ1) is 18.0. The number of carbonyl (C=O) groups is 2. The maximum absolute atomic E-state index is 13.3. The molecule has 2 amide bonds. The Bertz CT molecular complexity index is 1280. The number of nitrogens with zero attached hydrogens (tertiary/aromatic N) is 2. The van der Waals surface area contributed by atoms with Crippen LogP contribution in [0.4, 0.5) is 5.69 Å². The molecular weight excluding hydrogens is 468 g/mol. The van der Waals surface area contributed by atoms with Crippen molar-refractivity contribution in [3.8, 4) is 23.0 Å². The molecule has 3 aromatic rings. The Kier molecular flexibility index (Phi) is 7.15. The summed E-state index contributed by atoms with van der Waals surface area (Å²) in [5, 5.41) is 0. The second kappa shape index (κ2) is 10.6. The molecule has 1 saturated heterocycles. The van der Waals surface area contributed by atoms with Crippen LogP contribution in [-0.2, 0) is 0 Å². The molecule has 2 aliphatic rings. The monoisotopic (exact) mass is 500 g/mol.